The number of hydrogen-bond donors (Lipinski definition) is 0. The van der Waals surface area contributed by atoms with Gasteiger partial charge in [0.2, 0.25) is 0 Å². The van der Waals surface area contributed by atoms with Crippen LogP contribution in [0.5, 0.6) is 0 Å². The Labute approximate surface area is 98.2 Å². The minimum Gasteiger partial charge on any atom is -0.294 e. The fourth-order valence-corrected chi connectivity index (χ4v) is 4.61. The van der Waals surface area contributed by atoms with Gasteiger partial charge in [-0.1, -0.05) is 24.6 Å². The predicted octanol–water partition coefficient (Wildman–Crippen LogP) is 3.14. The zero-order valence-electron chi connectivity index (χ0n) is 9.94. The Morgan fingerprint density at radius 1 is 1.19 bits per heavy atom. The summed E-state index contributed by atoms with van der Waals surface area (Å²) in [4.78, 5) is 2.83. The lowest BCUT2D eigenvalue weighted by atomic mass is 9.81. The molecule has 4 rings (SSSR count). The van der Waals surface area contributed by atoms with E-state index in [2.05, 4.69) is 23.1 Å². The third-order valence-electron chi connectivity index (χ3n) is 5.30. The zero-order valence-corrected chi connectivity index (χ0v) is 9.94. The molecule has 2 heterocycles. The largest absolute Gasteiger partial charge is 0.294 e. The molecule has 4 aliphatic rings. The third kappa shape index (κ3) is 1.21. The Morgan fingerprint density at radius 3 is 3.19 bits per heavy atom. The summed E-state index contributed by atoms with van der Waals surface area (Å²) in [6.45, 7) is 1.37. The van der Waals surface area contributed by atoms with Gasteiger partial charge in [-0.05, 0) is 56.1 Å². The van der Waals surface area contributed by atoms with Gasteiger partial charge in [-0.2, -0.15) is 0 Å². The first-order valence-electron chi connectivity index (χ1n) is 7.07. The van der Waals surface area contributed by atoms with E-state index in [9.17, 15) is 0 Å². The van der Waals surface area contributed by atoms with Crippen molar-refractivity contribution in [2.24, 2.45) is 11.8 Å². The monoisotopic (exact) mass is 215 g/mol. The molecule has 0 amide bonds. The minimum atomic E-state index is 0.813. The van der Waals surface area contributed by atoms with Crippen LogP contribution in [0.2, 0.25) is 0 Å². The van der Waals surface area contributed by atoms with Gasteiger partial charge in [0.15, 0.2) is 0 Å². The molecule has 1 nitrogen and oxygen atoms in total. The molecule has 86 valence electrons. The van der Waals surface area contributed by atoms with Crippen LogP contribution < -0.4 is 0 Å². The summed E-state index contributed by atoms with van der Waals surface area (Å²) in [5.74, 6) is 1.89. The van der Waals surface area contributed by atoms with E-state index in [0.29, 0.717) is 0 Å². The van der Waals surface area contributed by atoms with Crippen molar-refractivity contribution >= 4 is 0 Å². The number of rotatable bonds is 0. The highest BCUT2D eigenvalue weighted by molar-refractivity contribution is 5.34. The Kier molecular flexibility index (Phi) is 2.05. The molecule has 0 saturated carbocycles. The molecule has 4 atom stereocenters. The Balaban J connectivity index is 1.66. The van der Waals surface area contributed by atoms with Crippen molar-refractivity contribution in [2.75, 3.05) is 6.54 Å². The zero-order chi connectivity index (χ0) is 10.5. The summed E-state index contributed by atoms with van der Waals surface area (Å²) in [6, 6.07) is 1.75. The summed E-state index contributed by atoms with van der Waals surface area (Å²) >= 11 is 0. The number of allylic oxidation sites excluding steroid dienone is 3. The summed E-state index contributed by atoms with van der Waals surface area (Å²) < 4.78 is 0. The average Bonchev–Trinajstić information content (AvgIpc) is 2.85. The van der Waals surface area contributed by atoms with Gasteiger partial charge in [-0.25, -0.2) is 0 Å². The van der Waals surface area contributed by atoms with Gasteiger partial charge in [-0.15, -0.1) is 0 Å². The standard InChI is InChI=1S/C15H21N/c1-2-7-13-11(5-1)9-15-14(13)10-12-6-3-4-8-16(12)15/h1,5,9,12-15H,2-4,6-8,10H2. The second-order valence-electron chi connectivity index (χ2n) is 6.03. The van der Waals surface area contributed by atoms with Gasteiger partial charge >= 0.3 is 0 Å². The lowest BCUT2D eigenvalue weighted by Crippen LogP contribution is -2.39. The van der Waals surface area contributed by atoms with Gasteiger partial charge < -0.3 is 0 Å². The van der Waals surface area contributed by atoms with Crippen LogP contribution in [0, 0.1) is 11.8 Å². The van der Waals surface area contributed by atoms with Crippen molar-refractivity contribution in [1.29, 1.82) is 0 Å². The summed E-state index contributed by atoms with van der Waals surface area (Å²) in [5, 5.41) is 0. The number of nitrogens with zero attached hydrogens (tertiary/aromatic N) is 1. The molecule has 2 aliphatic heterocycles. The first-order chi connectivity index (χ1) is 7.93. The second-order valence-corrected chi connectivity index (χ2v) is 6.03. The normalized spacial score (nSPS) is 46.1. The molecule has 2 fully saturated rings. The van der Waals surface area contributed by atoms with Gasteiger partial charge in [0.1, 0.15) is 0 Å². The maximum Gasteiger partial charge on any atom is 0.0321 e. The van der Waals surface area contributed by atoms with E-state index in [1.54, 1.807) is 5.57 Å². The molecule has 0 N–H and O–H groups in total. The first-order valence-corrected chi connectivity index (χ1v) is 7.07. The van der Waals surface area contributed by atoms with Crippen molar-refractivity contribution in [3.63, 3.8) is 0 Å². The van der Waals surface area contributed by atoms with Crippen LogP contribution in [-0.4, -0.2) is 23.5 Å². The fourth-order valence-electron chi connectivity index (χ4n) is 4.61. The SMILES string of the molecule is C1=CC2=CC3C(CC4CCCCN43)C2CC1. The van der Waals surface area contributed by atoms with Crippen LogP contribution in [0.1, 0.15) is 38.5 Å². The summed E-state index contributed by atoms with van der Waals surface area (Å²) in [7, 11) is 0. The van der Waals surface area contributed by atoms with Crippen LogP contribution in [0.25, 0.3) is 0 Å². The molecule has 4 unspecified atom stereocenters. The van der Waals surface area contributed by atoms with Crippen molar-refractivity contribution in [3.05, 3.63) is 23.8 Å². The maximum atomic E-state index is 2.83. The Bertz CT molecular complexity index is 354. The topological polar surface area (TPSA) is 3.24 Å². The van der Waals surface area contributed by atoms with E-state index in [-0.39, 0.29) is 0 Å². The number of hydrogen-bond acceptors (Lipinski definition) is 1. The van der Waals surface area contributed by atoms with E-state index in [1.165, 1.54) is 45.1 Å². The van der Waals surface area contributed by atoms with E-state index in [1.807, 2.05) is 0 Å². The molecule has 0 aromatic carbocycles. The molecule has 0 aromatic heterocycles. The molecule has 16 heavy (non-hydrogen) atoms. The van der Waals surface area contributed by atoms with Gasteiger partial charge in [0, 0.05) is 12.1 Å². The molecule has 0 radical (unpaired) electrons. The van der Waals surface area contributed by atoms with E-state index >= 15 is 0 Å². The molecule has 2 saturated heterocycles. The van der Waals surface area contributed by atoms with Crippen LogP contribution in [0.15, 0.2) is 23.8 Å². The molecule has 2 aliphatic carbocycles. The van der Waals surface area contributed by atoms with Gasteiger partial charge in [0.05, 0.1) is 0 Å². The van der Waals surface area contributed by atoms with Gasteiger partial charge in [-0.3, -0.25) is 4.90 Å². The highest BCUT2D eigenvalue weighted by Gasteiger charge is 2.48. The van der Waals surface area contributed by atoms with Crippen molar-refractivity contribution in [3.8, 4) is 0 Å². The lowest BCUT2D eigenvalue weighted by molar-refractivity contribution is 0.165. The van der Waals surface area contributed by atoms with Crippen LogP contribution in [0.4, 0.5) is 0 Å². The third-order valence-corrected chi connectivity index (χ3v) is 5.30. The Hall–Kier alpha value is -0.560. The Morgan fingerprint density at radius 2 is 2.19 bits per heavy atom. The van der Waals surface area contributed by atoms with Crippen molar-refractivity contribution < 1.29 is 0 Å². The van der Waals surface area contributed by atoms with Gasteiger partial charge in [0.25, 0.3) is 0 Å². The predicted molar refractivity (Wildman–Crippen MR) is 66.2 cm³/mol. The highest BCUT2D eigenvalue weighted by atomic mass is 15.2. The first kappa shape index (κ1) is 9.47. The van der Waals surface area contributed by atoms with E-state index < -0.39 is 0 Å². The van der Waals surface area contributed by atoms with Crippen LogP contribution in [-0.2, 0) is 0 Å². The summed E-state index contributed by atoms with van der Waals surface area (Å²) in [5.41, 5.74) is 1.67. The number of piperidine rings is 1. The minimum absolute atomic E-state index is 0.813. The average molecular weight is 215 g/mol. The van der Waals surface area contributed by atoms with Crippen molar-refractivity contribution in [1.82, 2.24) is 4.90 Å². The highest BCUT2D eigenvalue weighted by Crippen LogP contribution is 2.49. The molecule has 0 aromatic rings. The van der Waals surface area contributed by atoms with Crippen molar-refractivity contribution in [2.45, 2.75) is 50.6 Å². The second kappa shape index (κ2) is 3.46. The fraction of sp³-hybridized carbons (Fsp3) is 0.733. The molecule has 0 spiro atoms. The van der Waals surface area contributed by atoms with Crippen LogP contribution in [0.3, 0.4) is 0 Å². The molecule has 0 bridgehead atoms. The lowest BCUT2D eigenvalue weighted by Gasteiger charge is -2.32. The van der Waals surface area contributed by atoms with E-state index in [0.717, 1.165) is 23.9 Å². The van der Waals surface area contributed by atoms with Crippen LogP contribution >= 0.6 is 0 Å². The molecular weight excluding hydrogens is 194 g/mol. The summed E-state index contributed by atoms with van der Waals surface area (Å²) in [6.07, 6.45) is 16.0. The smallest absolute Gasteiger partial charge is 0.0321 e. The molecular formula is C15H21N. The maximum absolute atomic E-state index is 2.83. The quantitative estimate of drug-likeness (QED) is 0.600. The number of fused-ring (bicyclic) bond motifs is 5. The van der Waals surface area contributed by atoms with E-state index in [4.69, 9.17) is 0 Å². The molecule has 1 heteroatoms.